The minimum atomic E-state index is -0.525. The summed E-state index contributed by atoms with van der Waals surface area (Å²) in [6.45, 7) is 6.71. The molecule has 1 fully saturated rings. The molecule has 0 spiro atoms. The van der Waals surface area contributed by atoms with Crippen molar-refractivity contribution in [2.24, 2.45) is 5.11 Å². The summed E-state index contributed by atoms with van der Waals surface area (Å²) < 4.78 is 5.16. The zero-order valence-electron chi connectivity index (χ0n) is 10.7. The maximum atomic E-state index is 11.6. The van der Waals surface area contributed by atoms with Gasteiger partial charge < -0.3 is 15.0 Å². The van der Waals surface area contributed by atoms with Gasteiger partial charge in [-0.1, -0.05) is 5.11 Å². The second-order valence-electron chi connectivity index (χ2n) is 5.25. The lowest BCUT2D eigenvalue weighted by Gasteiger charge is -2.22. The molecule has 1 N–H and O–H groups in total. The van der Waals surface area contributed by atoms with Crippen LogP contribution in [0.4, 0.5) is 4.79 Å². The van der Waals surface area contributed by atoms with Crippen molar-refractivity contribution in [2.45, 2.75) is 38.5 Å². The van der Waals surface area contributed by atoms with Crippen LogP contribution in [0, 0.1) is 0 Å². The third-order valence-corrected chi connectivity index (χ3v) is 2.37. The molecular weight excluding hydrogens is 222 g/mol. The van der Waals surface area contributed by atoms with E-state index in [9.17, 15) is 4.79 Å². The molecule has 1 aliphatic heterocycles. The first kappa shape index (κ1) is 13.6. The van der Waals surface area contributed by atoms with Crippen molar-refractivity contribution in [3.8, 4) is 0 Å². The van der Waals surface area contributed by atoms with Crippen LogP contribution < -0.4 is 5.32 Å². The van der Waals surface area contributed by atoms with Gasteiger partial charge in [0.15, 0.2) is 0 Å². The number of likely N-dealkylation sites (tertiary alicyclic amines) is 1. The molecule has 2 atom stereocenters. The van der Waals surface area contributed by atoms with E-state index in [4.69, 9.17) is 10.3 Å². The molecule has 96 valence electrons. The second kappa shape index (κ2) is 5.25. The number of likely N-dealkylation sites (N-methyl/N-ethyl adjacent to an activating group) is 1. The van der Waals surface area contributed by atoms with Gasteiger partial charge in [0, 0.05) is 18.0 Å². The number of ether oxygens (including phenoxy) is 1. The number of nitrogens with one attached hydrogen (secondary N) is 1. The van der Waals surface area contributed by atoms with E-state index in [1.165, 1.54) is 0 Å². The Kier molecular flexibility index (Phi) is 4.20. The first-order valence-corrected chi connectivity index (χ1v) is 5.54. The number of nitrogens with zero attached hydrogens (tertiary/aromatic N) is 4. The van der Waals surface area contributed by atoms with Gasteiger partial charge in [-0.3, -0.25) is 0 Å². The summed E-state index contributed by atoms with van der Waals surface area (Å²) in [4.78, 5) is 16.4. The molecule has 0 saturated carbocycles. The van der Waals surface area contributed by atoms with Crippen LogP contribution in [0.1, 0.15) is 20.8 Å². The highest BCUT2D eigenvalue weighted by Crippen LogP contribution is 2.13. The Morgan fingerprint density at radius 3 is 2.71 bits per heavy atom. The molecule has 0 aromatic carbocycles. The summed E-state index contributed by atoms with van der Waals surface area (Å²) in [6, 6.07) is -0.428. The fourth-order valence-corrected chi connectivity index (χ4v) is 1.76. The maximum Gasteiger partial charge on any atom is 0.407 e. The quantitative estimate of drug-likeness (QED) is 0.451. The number of hydrogen-bond donors (Lipinski definition) is 1. The van der Waals surface area contributed by atoms with Gasteiger partial charge >= 0.3 is 6.09 Å². The van der Waals surface area contributed by atoms with Gasteiger partial charge in [-0.15, -0.1) is 0 Å². The van der Waals surface area contributed by atoms with Crippen molar-refractivity contribution in [1.82, 2.24) is 10.2 Å². The first-order chi connectivity index (χ1) is 7.81. The molecule has 0 bridgehead atoms. The predicted octanol–water partition coefficient (Wildman–Crippen LogP) is 1.50. The van der Waals surface area contributed by atoms with E-state index in [0.29, 0.717) is 13.1 Å². The monoisotopic (exact) mass is 241 g/mol. The number of rotatable bonds is 2. The maximum absolute atomic E-state index is 11.6. The SMILES string of the molecule is CN1CC(N=[N+]=[N-])C(NC(=O)OC(C)(C)C)C1. The molecular formula is C10H19N5O2. The summed E-state index contributed by atoms with van der Waals surface area (Å²) in [5.41, 5.74) is 7.92. The van der Waals surface area contributed by atoms with Crippen LogP contribution in [0.15, 0.2) is 5.11 Å². The molecule has 17 heavy (non-hydrogen) atoms. The standard InChI is InChI=1S/C10H19N5O2/c1-10(2,3)17-9(16)12-7-5-15(4)6-8(7)13-14-11/h7-8H,5-6H2,1-4H3,(H,12,16). The van der Waals surface area contributed by atoms with Crippen molar-refractivity contribution < 1.29 is 9.53 Å². The molecule has 7 nitrogen and oxygen atoms in total. The Hall–Kier alpha value is -1.46. The fourth-order valence-electron chi connectivity index (χ4n) is 1.76. The van der Waals surface area contributed by atoms with Crippen LogP contribution in [0.5, 0.6) is 0 Å². The predicted molar refractivity (Wildman–Crippen MR) is 63.6 cm³/mol. The summed E-state index contributed by atoms with van der Waals surface area (Å²) in [5, 5.41) is 6.41. The molecule has 7 heteroatoms. The van der Waals surface area contributed by atoms with Gasteiger partial charge in [0.2, 0.25) is 0 Å². The first-order valence-electron chi connectivity index (χ1n) is 5.54. The minimum absolute atomic E-state index is 0.189. The van der Waals surface area contributed by atoms with Crippen LogP contribution >= 0.6 is 0 Å². The van der Waals surface area contributed by atoms with Crippen molar-refractivity contribution in [3.63, 3.8) is 0 Å². The highest BCUT2D eigenvalue weighted by atomic mass is 16.6. The van der Waals surface area contributed by atoms with Crippen molar-refractivity contribution >= 4 is 6.09 Å². The number of amides is 1. The normalized spacial score (nSPS) is 25.2. The molecule has 1 heterocycles. The zero-order chi connectivity index (χ0) is 13.1. The number of hydrogen-bond acceptors (Lipinski definition) is 4. The number of azide groups is 1. The highest BCUT2D eigenvalue weighted by molar-refractivity contribution is 5.68. The van der Waals surface area contributed by atoms with Crippen LogP contribution in [-0.2, 0) is 4.74 Å². The minimum Gasteiger partial charge on any atom is -0.444 e. The van der Waals surface area contributed by atoms with Crippen LogP contribution in [0.3, 0.4) is 0 Å². The number of alkyl carbamates (subject to hydrolysis) is 1. The molecule has 1 amide bonds. The van der Waals surface area contributed by atoms with E-state index >= 15 is 0 Å². The van der Waals surface area contributed by atoms with Crippen molar-refractivity contribution in [2.75, 3.05) is 20.1 Å². The lowest BCUT2D eigenvalue weighted by molar-refractivity contribution is 0.0503. The van der Waals surface area contributed by atoms with E-state index in [1.807, 2.05) is 11.9 Å². The van der Waals surface area contributed by atoms with Crippen molar-refractivity contribution in [3.05, 3.63) is 10.4 Å². The van der Waals surface area contributed by atoms with Gasteiger partial charge in [0.25, 0.3) is 0 Å². The molecule has 1 rings (SSSR count). The fraction of sp³-hybridized carbons (Fsp3) is 0.900. The summed E-state index contributed by atoms with van der Waals surface area (Å²) in [7, 11) is 1.91. The molecule has 1 saturated heterocycles. The Morgan fingerprint density at radius 1 is 1.53 bits per heavy atom. The van der Waals surface area contributed by atoms with Gasteiger partial charge in [-0.2, -0.15) is 0 Å². The smallest absolute Gasteiger partial charge is 0.407 e. The second-order valence-corrected chi connectivity index (χ2v) is 5.25. The molecule has 2 unspecified atom stereocenters. The lowest BCUT2D eigenvalue weighted by Crippen LogP contribution is -2.44. The molecule has 0 aromatic heterocycles. The van der Waals surface area contributed by atoms with E-state index in [-0.39, 0.29) is 12.1 Å². The third kappa shape index (κ3) is 4.50. The summed E-state index contributed by atoms with van der Waals surface area (Å²) in [5.74, 6) is 0. The Balaban J connectivity index is 2.55. The van der Waals surface area contributed by atoms with E-state index in [1.54, 1.807) is 20.8 Å². The largest absolute Gasteiger partial charge is 0.444 e. The topological polar surface area (TPSA) is 90.3 Å². The van der Waals surface area contributed by atoms with Crippen LogP contribution in [-0.4, -0.2) is 48.8 Å². The highest BCUT2D eigenvalue weighted by Gasteiger charge is 2.32. The molecule has 1 aliphatic rings. The average molecular weight is 241 g/mol. The Bertz CT molecular complexity index is 332. The molecule has 0 radical (unpaired) electrons. The van der Waals surface area contributed by atoms with Crippen LogP contribution in [0.2, 0.25) is 0 Å². The Labute approximate surface area is 101 Å². The van der Waals surface area contributed by atoms with Gasteiger partial charge in [0.1, 0.15) is 5.60 Å². The van der Waals surface area contributed by atoms with Crippen molar-refractivity contribution in [1.29, 1.82) is 0 Å². The summed E-state index contributed by atoms with van der Waals surface area (Å²) >= 11 is 0. The number of carbonyl (C=O) groups excluding carboxylic acids is 1. The molecule has 0 aromatic rings. The van der Waals surface area contributed by atoms with Gasteiger partial charge in [-0.25, -0.2) is 4.79 Å². The number of carbonyl (C=O) groups is 1. The molecule has 0 aliphatic carbocycles. The van der Waals surface area contributed by atoms with Crippen LogP contribution in [0.25, 0.3) is 10.4 Å². The van der Waals surface area contributed by atoms with E-state index < -0.39 is 11.7 Å². The average Bonchev–Trinajstić information content (AvgIpc) is 2.43. The lowest BCUT2D eigenvalue weighted by atomic mass is 10.2. The van der Waals surface area contributed by atoms with Gasteiger partial charge in [0.05, 0.1) is 12.1 Å². The third-order valence-electron chi connectivity index (χ3n) is 2.37. The van der Waals surface area contributed by atoms with E-state index in [2.05, 4.69) is 15.3 Å². The Morgan fingerprint density at radius 2 is 2.18 bits per heavy atom. The van der Waals surface area contributed by atoms with E-state index in [0.717, 1.165) is 0 Å². The summed E-state index contributed by atoms with van der Waals surface area (Å²) in [6.07, 6.45) is -0.476. The zero-order valence-corrected chi connectivity index (χ0v) is 10.7. The van der Waals surface area contributed by atoms with Gasteiger partial charge in [-0.05, 0) is 33.4 Å².